The van der Waals surface area contributed by atoms with Crippen LogP contribution in [-0.2, 0) is 14.8 Å². The van der Waals surface area contributed by atoms with Gasteiger partial charge in [0.15, 0.2) is 0 Å². The minimum absolute atomic E-state index is 0.0335. The molecule has 0 radical (unpaired) electrons. The minimum atomic E-state index is -3.49. The zero-order valence-electron chi connectivity index (χ0n) is 14.5. The van der Waals surface area contributed by atoms with E-state index in [1.165, 1.54) is 9.42 Å². The maximum absolute atomic E-state index is 12.6. The molecule has 1 aliphatic heterocycles. The Hall–Kier alpha value is 0.677. The lowest BCUT2D eigenvalue weighted by molar-refractivity contribution is -0.00664. The molecule has 0 saturated heterocycles. The molecular formula is C14H25Cl2IN2O3SSi. The van der Waals surface area contributed by atoms with E-state index in [2.05, 4.69) is 19.6 Å². The monoisotopic (exact) mass is 526 g/mol. The molecule has 140 valence electrons. The SMILES string of the molecule is CCCS(=O)(=O)N(COCC[Si](C)(C)C)N1C=C(Cl)C(I)=C(Cl)C1. The molecule has 0 bridgehead atoms. The molecule has 0 spiro atoms. The highest BCUT2D eigenvalue weighted by molar-refractivity contribution is 14.1. The average molecular weight is 527 g/mol. The van der Waals surface area contributed by atoms with E-state index >= 15 is 0 Å². The third-order valence-corrected chi connectivity index (χ3v) is 9.33. The molecule has 0 saturated carbocycles. The molecule has 0 N–H and O–H groups in total. The van der Waals surface area contributed by atoms with Crippen molar-refractivity contribution in [3.8, 4) is 0 Å². The molecule has 1 heterocycles. The van der Waals surface area contributed by atoms with E-state index in [-0.39, 0.29) is 19.0 Å². The Morgan fingerprint density at radius 1 is 1.38 bits per heavy atom. The molecular weight excluding hydrogens is 502 g/mol. The van der Waals surface area contributed by atoms with Gasteiger partial charge in [-0.2, -0.15) is 0 Å². The van der Waals surface area contributed by atoms with Crippen LogP contribution < -0.4 is 0 Å². The Morgan fingerprint density at radius 2 is 2.00 bits per heavy atom. The summed E-state index contributed by atoms with van der Waals surface area (Å²) in [5.74, 6) is 0.0464. The molecule has 0 aromatic heterocycles. The van der Waals surface area contributed by atoms with Crippen LogP contribution in [0.1, 0.15) is 13.3 Å². The Balaban J connectivity index is 2.88. The smallest absolute Gasteiger partial charge is 0.233 e. The van der Waals surface area contributed by atoms with Crippen LogP contribution in [-0.4, -0.2) is 51.6 Å². The van der Waals surface area contributed by atoms with Gasteiger partial charge in [0.2, 0.25) is 10.0 Å². The Morgan fingerprint density at radius 3 is 2.50 bits per heavy atom. The van der Waals surface area contributed by atoms with E-state index in [0.717, 1.165) is 9.62 Å². The second kappa shape index (κ2) is 9.57. The first-order valence-corrected chi connectivity index (χ1v) is 14.9. The van der Waals surface area contributed by atoms with Gasteiger partial charge in [0, 0.05) is 24.5 Å². The first-order chi connectivity index (χ1) is 11.0. The lowest BCUT2D eigenvalue weighted by Crippen LogP contribution is -2.47. The number of rotatable bonds is 9. The molecule has 0 amide bonds. The van der Waals surface area contributed by atoms with Gasteiger partial charge in [-0.25, -0.2) is 8.42 Å². The van der Waals surface area contributed by atoms with Gasteiger partial charge in [0.25, 0.3) is 0 Å². The fraction of sp³-hybridized carbons (Fsp3) is 0.714. The molecule has 0 aromatic carbocycles. The van der Waals surface area contributed by atoms with Gasteiger partial charge in [-0.1, -0.05) is 54.2 Å². The van der Waals surface area contributed by atoms with Gasteiger partial charge < -0.3 is 4.74 Å². The van der Waals surface area contributed by atoms with Gasteiger partial charge in [-0.05, 0) is 35.1 Å². The summed E-state index contributed by atoms with van der Waals surface area (Å²) in [7, 11) is -4.72. The van der Waals surface area contributed by atoms with Crippen molar-refractivity contribution < 1.29 is 13.2 Å². The van der Waals surface area contributed by atoms with Crippen molar-refractivity contribution in [3.05, 3.63) is 19.8 Å². The first kappa shape index (κ1) is 22.7. The van der Waals surface area contributed by atoms with E-state index in [4.69, 9.17) is 27.9 Å². The third-order valence-electron chi connectivity index (χ3n) is 3.28. The average Bonchev–Trinajstić information content (AvgIpc) is 2.42. The predicted molar refractivity (Wildman–Crippen MR) is 112 cm³/mol. The van der Waals surface area contributed by atoms with Crippen LogP contribution in [0.15, 0.2) is 19.8 Å². The van der Waals surface area contributed by atoms with Crippen molar-refractivity contribution in [3.63, 3.8) is 0 Å². The molecule has 24 heavy (non-hydrogen) atoms. The summed E-state index contributed by atoms with van der Waals surface area (Å²) in [4.78, 5) is 0. The number of hydrogen-bond donors (Lipinski definition) is 0. The van der Waals surface area contributed by atoms with Gasteiger partial charge in [0.05, 0.1) is 22.4 Å². The maximum atomic E-state index is 12.6. The van der Waals surface area contributed by atoms with E-state index in [9.17, 15) is 8.42 Å². The molecule has 0 aliphatic carbocycles. The van der Waals surface area contributed by atoms with Gasteiger partial charge in [-0.3, -0.25) is 5.01 Å². The van der Waals surface area contributed by atoms with Crippen LogP contribution in [0.3, 0.4) is 0 Å². The fourth-order valence-corrected chi connectivity index (χ4v) is 4.87. The summed E-state index contributed by atoms with van der Waals surface area (Å²) in [5.41, 5.74) is 0. The standard InChI is InChI=1S/C14H25Cl2IN2O3SSi/c1-5-7-23(20,21)19(11-22-6-8-24(2,3)4)18-9-12(15)14(17)13(16)10-18/h9H,5-8,10-11H2,1-4H3. The zero-order valence-corrected chi connectivity index (χ0v) is 20.0. The lowest BCUT2D eigenvalue weighted by atomic mass is 10.4. The summed E-state index contributed by atoms with van der Waals surface area (Å²) in [6.45, 7) is 9.35. The molecule has 0 unspecified atom stereocenters. The number of sulfonamides is 1. The second-order valence-corrected chi connectivity index (χ2v) is 16.3. The lowest BCUT2D eigenvalue weighted by Gasteiger charge is -2.35. The molecule has 0 fully saturated rings. The van der Waals surface area contributed by atoms with Crippen molar-refractivity contribution in [1.29, 1.82) is 0 Å². The Labute approximate surface area is 170 Å². The molecule has 1 aliphatic rings. The van der Waals surface area contributed by atoms with Gasteiger partial charge in [0.1, 0.15) is 6.73 Å². The number of hydrogen-bond acceptors (Lipinski definition) is 4. The Kier molecular flexibility index (Phi) is 9.05. The van der Waals surface area contributed by atoms with Crippen LogP contribution >= 0.6 is 45.8 Å². The van der Waals surface area contributed by atoms with E-state index in [0.29, 0.717) is 23.1 Å². The summed E-state index contributed by atoms with van der Waals surface area (Å²) < 4.78 is 32.8. The topological polar surface area (TPSA) is 49.9 Å². The number of halogens is 3. The van der Waals surface area contributed by atoms with Crippen molar-refractivity contribution in [1.82, 2.24) is 9.42 Å². The number of hydrazine groups is 1. The van der Waals surface area contributed by atoms with Crippen LogP contribution in [0.5, 0.6) is 0 Å². The van der Waals surface area contributed by atoms with E-state index in [1.54, 1.807) is 6.20 Å². The third kappa shape index (κ3) is 7.12. The van der Waals surface area contributed by atoms with Gasteiger partial charge >= 0.3 is 0 Å². The van der Waals surface area contributed by atoms with Crippen LogP contribution in [0.25, 0.3) is 0 Å². The summed E-state index contributed by atoms with van der Waals surface area (Å²) in [5, 5.41) is 2.46. The maximum Gasteiger partial charge on any atom is 0.233 e. The van der Waals surface area contributed by atoms with Crippen LogP contribution in [0.4, 0.5) is 0 Å². The molecule has 5 nitrogen and oxygen atoms in total. The quantitative estimate of drug-likeness (QED) is 0.191. The first-order valence-electron chi connectivity index (χ1n) is 7.74. The van der Waals surface area contributed by atoms with Crippen molar-refractivity contribution in [2.75, 3.05) is 25.6 Å². The predicted octanol–water partition coefficient (Wildman–Crippen LogP) is 4.54. The second-order valence-electron chi connectivity index (χ2n) is 6.78. The molecule has 1 rings (SSSR count). The highest BCUT2D eigenvalue weighted by Crippen LogP contribution is 2.33. The van der Waals surface area contributed by atoms with E-state index < -0.39 is 18.1 Å². The van der Waals surface area contributed by atoms with Crippen LogP contribution in [0.2, 0.25) is 25.7 Å². The zero-order chi connectivity index (χ0) is 18.5. The fourth-order valence-electron chi connectivity index (χ4n) is 1.92. The molecule has 10 heteroatoms. The van der Waals surface area contributed by atoms with Crippen molar-refractivity contribution in [2.24, 2.45) is 0 Å². The summed E-state index contributed by atoms with van der Waals surface area (Å²) >= 11 is 14.4. The van der Waals surface area contributed by atoms with Crippen molar-refractivity contribution in [2.45, 2.75) is 39.0 Å². The normalized spacial score (nSPS) is 16.8. The largest absolute Gasteiger partial charge is 0.363 e. The Bertz CT molecular complexity index is 606. The number of allylic oxidation sites excluding steroid dienone is 2. The highest BCUT2D eigenvalue weighted by atomic mass is 127. The summed E-state index contributed by atoms with van der Waals surface area (Å²) in [6.07, 6.45) is 2.12. The van der Waals surface area contributed by atoms with Gasteiger partial charge in [-0.15, -0.1) is 0 Å². The number of ether oxygens (including phenoxy) is 1. The van der Waals surface area contributed by atoms with Crippen LogP contribution in [0, 0.1) is 0 Å². The highest BCUT2D eigenvalue weighted by Gasteiger charge is 2.30. The van der Waals surface area contributed by atoms with Crippen molar-refractivity contribution >= 4 is 63.9 Å². The summed E-state index contributed by atoms with van der Waals surface area (Å²) in [6, 6.07) is 0.976. The minimum Gasteiger partial charge on any atom is -0.363 e. The molecule has 0 atom stereocenters. The molecule has 0 aromatic rings. The van der Waals surface area contributed by atoms with E-state index in [1.807, 2.05) is 29.5 Å². The number of nitrogens with zero attached hydrogens (tertiary/aromatic N) is 2.